The van der Waals surface area contributed by atoms with Gasteiger partial charge < -0.3 is 15.4 Å². The number of nitrogens with one attached hydrogen (secondary N) is 2. The number of carbonyl (C=O) groups excluding carboxylic acids is 1. The molecule has 146 valence electrons. The third-order valence-electron chi connectivity index (χ3n) is 4.48. The van der Waals surface area contributed by atoms with Gasteiger partial charge >= 0.3 is 6.18 Å². The van der Waals surface area contributed by atoms with Gasteiger partial charge in [-0.05, 0) is 12.5 Å². The second-order valence-electron chi connectivity index (χ2n) is 6.58. The number of amides is 1. The molecule has 1 aliphatic heterocycles. The van der Waals surface area contributed by atoms with E-state index in [4.69, 9.17) is 4.74 Å². The minimum Gasteiger partial charge on any atom is -0.383 e. The van der Waals surface area contributed by atoms with Crippen molar-refractivity contribution < 1.29 is 22.7 Å². The Hall–Kier alpha value is -2.55. The second kappa shape index (κ2) is 7.59. The predicted molar refractivity (Wildman–Crippen MR) is 93.5 cm³/mol. The van der Waals surface area contributed by atoms with Crippen LogP contribution in [0.1, 0.15) is 41.3 Å². The number of rotatable bonds is 5. The average Bonchev–Trinajstić information content (AvgIpc) is 3.05. The van der Waals surface area contributed by atoms with Crippen molar-refractivity contribution in [1.29, 1.82) is 0 Å². The topological polar surface area (TPSA) is 68.2 Å². The maximum atomic E-state index is 13.6. The van der Waals surface area contributed by atoms with Crippen LogP contribution >= 0.6 is 0 Å². The first-order valence-corrected chi connectivity index (χ1v) is 8.56. The SMILES string of the molecule is COC[C@H](C)NC(=O)c1cnn2c1N[C@H](c1ccccc1)C[C@@H]2C(F)(F)F. The van der Waals surface area contributed by atoms with Crippen LogP contribution in [0.3, 0.4) is 0 Å². The molecule has 6 nitrogen and oxygen atoms in total. The molecule has 2 aromatic rings. The molecule has 1 aromatic carbocycles. The Labute approximate surface area is 154 Å². The van der Waals surface area contributed by atoms with E-state index in [1.165, 1.54) is 13.3 Å². The van der Waals surface area contributed by atoms with Gasteiger partial charge in [-0.1, -0.05) is 30.3 Å². The molecular weight excluding hydrogens is 361 g/mol. The Kier molecular flexibility index (Phi) is 5.41. The highest BCUT2D eigenvalue weighted by atomic mass is 19.4. The standard InChI is InChI=1S/C18H21F3N4O2/c1-11(10-27-2)23-17(26)13-9-22-25-15(18(19,20)21)8-14(24-16(13)25)12-6-4-3-5-7-12/h3-7,9,11,14-15,24H,8,10H2,1-2H3,(H,23,26)/t11-,14-,15+/m0/s1. The van der Waals surface area contributed by atoms with Crippen LogP contribution < -0.4 is 10.6 Å². The highest BCUT2D eigenvalue weighted by Gasteiger charge is 2.47. The van der Waals surface area contributed by atoms with Crippen LogP contribution in [0.4, 0.5) is 19.0 Å². The predicted octanol–water partition coefficient (Wildman–Crippen LogP) is 3.31. The van der Waals surface area contributed by atoms with Crippen molar-refractivity contribution in [3.8, 4) is 0 Å². The molecule has 3 atom stereocenters. The minimum absolute atomic E-state index is 0.0690. The van der Waals surface area contributed by atoms with Crippen molar-refractivity contribution in [3.05, 3.63) is 47.7 Å². The number of hydrogen-bond acceptors (Lipinski definition) is 4. The summed E-state index contributed by atoms with van der Waals surface area (Å²) < 4.78 is 46.7. The summed E-state index contributed by atoms with van der Waals surface area (Å²) in [5.41, 5.74) is 0.797. The molecule has 0 unspecified atom stereocenters. The van der Waals surface area contributed by atoms with Crippen molar-refractivity contribution in [1.82, 2.24) is 15.1 Å². The Balaban J connectivity index is 1.94. The molecule has 1 amide bonds. The van der Waals surface area contributed by atoms with Crippen LogP contribution in [0.25, 0.3) is 0 Å². The summed E-state index contributed by atoms with van der Waals surface area (Å²) >= 11 is 0. The molecule has 2 N–H and O–H groups in total. The van der Waals surface area contributed by atoms with Gasteiger partial charge in [-0.3, -0.25) is 4.79 Å². The summed E-state index contributed by atoms with van der Waals surface area (Å²) in [7, 11) is 1.50. The number of halogens is 3. The molecule has 1 aliphatic rings. The molecule has 27 heavy (non-hydrogen) atoms. The second-order valence-corrected chi connectivity index (χ2v) is 6.58. The normalized spacial score (nSPS) is 20.5. The lowest BCUT2D eigenvalue weighted by Gasteiger charge is -2.34. The number of benzene rings is 1. The molecule has 0 fully saturated rings. The first-order valence-electron chi connectivity index (χ1n) is 8.56. The zero-order chi connectivity index (χ0) is 19.6. The third kappa shape index (κ3) is 4.08. The highest BCUT2D eigenvalue weighted by molar-refractivity contribution is 5.99. The lowest BCUT2D eigenvalue weighted by molar-refractivity contribution is -0.173. The van der Waals surface area contributed by atoms with E-state index in [-0.39, 0.29) is 23.8 Å². The van der Waals surface area contributed by atoms with Gasteiger partial charge in [-0.25, -0.2) is 4.68 Å². The number of nitrogens with zero attached hydrogens (tertiary/aromatic N) is 2. The Morgan fingerprint density at radius 1 is 1.41 bits per heavy atom. The van der Waals surface area contributed by atoms with Gasteiger partial charge in [0.2, 0.25) is 0 Å². The molecule has 0 spiro atoms. The summed E-state index contributed by atoms with van der Waals surface area (Å²) in [4.78, 5) is 12.5. The average molecular weight is 382 g/mol. The Morgan fingerprint density at radius 3 is 2.74 bits per heavy atom. The van der Waals surface area contributed by atoms with E-state index in [1.54, 1.807) is 37.3 Å². The van der Waals surface area contributed by atoms with Crippen LogP contribution in [-0.4, -0.2) is 41.6 Å². The van der Waals surface area contributed by atoms with Gasteiger partial charge in [-0.15, -0.1) is 0 Å². The maximum absolute atomic E-state index is 13.6. The molecule has 0 aliphatic carbocycles. The summed E-state index contributed by atoms with van der Waals surface area (Å²) in [6.07, 6.45) is -3.51. The zero-order valence-corrected chi connectivity index (χ0v) is 15.0. The molecular formula is C18H21F3N4O2. The summed E-state index contributed by atoms with van der Waals surface area (Å²) in [6, 6.07) is 6.19. The fourth-order valence-electron chi connectivity index (χ4n) is 3.23. The molecule has 0 radical (unpaired) electrons. The van der Waals surface area contributed by atoms with E-state index in [0.29, 0.717) is 6.61 Å². The molecule has 0 bridgehead atoms. The van der Waals surface area contributed by atoms with Crippen LogP contribution in [0.15, 0.2) is 36.5 Å². The number of fused-ring (bicyclic) bond motifs is 1. The lowest BCUT2D eigenvalue weighted by Crippen LogP contribution is -2.38. The summed E-state index contributed by atoms with van der Waals surface area (Å²) in [6.45, 7) is 2.04. The van der Waals surface area contributed by atoms with Gasteiger partial charge in [0.1, 0.15) is 11.4 Å². The number of anilines is 1. The molecule has 0 saturated carbocycles. The molecule has 2 heterocycles. The number of ether oxygens (including phenoxy) is 1. The monoisotopic (exact) mass is 382 g/mol. The Morgan fingerprint density at radius 2 is 2.11 bits per heavy atom. The van der Waals surface area contributed by atoms with E-state index >= 15 is 0 Å². The molecule has 3 rings (SSSR count). The highest BCUT2D eigenvalue weighted by Crippen LogP contribution is 2.44. The van der Waals surface area contributed by atoms with Crippen LogP contribution in [0.2, 0.25) is 0 Å². The van der Waals surface area contributed by atoms with Crippen LogP contribution in [0.5, 0.6) is 0 Å². The number of hydrogen-bond donors (Lipinski definition) is 2. The number of aromatic nitrogens is 2. The van der Waals surface area contributed by atoms with E-state index in [0.717, 1.165) is 10.2 Å². The van der Waals surface area contributed by atoms with Gasteiger partial charge in [0.05, 0.1) is 18.8 Å². The first kappa shape index (κ1) is 19.2. The van der Waals surface area contributed by atoms with E-state index < -0.39 is 24.2 Å². The fourth-order valence-corrected chi connectivity index (χ4v) is 3.23. The fraction of sp³-hybridized carbons (Fsp3) is 0.444. The number of carbonyl (C=O) groups is 1. The van der Waals surface area contributed by atoms with Crippen LogP contribution in [-0.2, 0) is 4.74 Å². The number of alkyl halides is 3. The van der Waals surface area contributed by atoms with E-state index in [1.807, 2.05) is 0 Å². The van der Waals surface area contributed by atoms with E-state index in [2.05, 4.69) is 15.7 Å². The van der Waals surface area contributed by atoms with Crippen molar-refractivity contribution in [2.24, 2.45) is 0 Å². The molecule has 1 aromatic heterocycles. The zero-order valence-electron chi connectivity index (χ0n) is 15.0. The quantitative estimate of drug-likeness (QED) is 0.833. The van der Waals surface area contributed by atoms with Gasteiger partial charge in [-0.2, -0.15) is 18.3 Å². The summed E-state index contributed by atoms with van der Waals surface area (Å²) in [5, 5.41) is 9.61. The lowest BCUT2D eigenvalue weighted by atomic mass is 9.96. The minimum atomic E-state index is -4.48. The van der Waals surface area contributed by atoms with Gasteiger partial charge in [0.25, 0.3) is 5.91 Å². The maximum Gasteiger partial charge on any atom is 0.410 e. The largest absolute Gasteiger partial charge is 0.410 e. The van der Waals surface area contributed by atoms with Crippen LogP contribution in [0, 0.1) is 0 Å². The number of methoxy groups -OCH3 is 1. The Bertz CT molecular complexity index is 792. The molecule has 0 saturated heterocycles. The van der Waals surface area contributed by atoms with Crippen molar-refractivity contribution >= 4 is 11.7 Å². The smallest absolute Gasteiger partial charge is 0.383 e. The summed E-state index contributed by atoms with van der Waals surface area (Å²) in [5.74, 6) is -0.428. The van der Waals surface area contributed by atoms with Gasteiger partial charge in [0, 0.05) is 19.6 Å². The molecule has 9 heteroatoms. The van der Waals surface area contributed by atoms with Gasteiger partial charge in [0.15, 0.2) is 6.04 Å². The van der Waals surface area contributed by atoms with Crippen molar-refractivity contribution in [2.75, 3.05) is 19.0 Å². The van der Waals surface area contributed by atoms with Crippen molar-refractivity contribution in [2.45, 2.75) is 37.6 Å². The third-order valence-corrected chi connectivity index (χ3v) is 4.48. The van der Waals surface area contributed by atoms with E-state index in [9.17, 15) is 18.0 Å². The van der Waals surface area contributed by atoms with Crippen molar-refractivity contribution in [3.63, 3.8) is 0 Å². The first-order chi connectivity index (χ1) is 12.8.